The fourth-order valence-corrected chi connectivity index (χ4v) is 3.06. The van der Waals surface area contributed by atoms with Crippen molar-refractivity contribution in [2.24, 2.45) is 0 Å². The Labute approximate surface area is 133 Å². The predicted molar refractivity (Wildman–Crippen MR) is 87.7 cm³/mol. The summed E-state index contributed by atoms with van der Waals surface area (Å²) >= 11 is 3.31. The average Bonchev–Trinajstić information content (AvgIpc) is 2.88. The van der Waals surface area contributed by atoms with Gasteiger partial charge >= 0.3 is 0 Å². The Hall–Kier alpha value is -1.31. The zero-order chi connectivity index (χ0) is 15.5. The molecule has 21 heavy (non-hydrogen) atoms. The van der Waals surface area contributed by atoms with Crippen molar-refractivity contribution in [3.63, 3.8) is 0 Å². The third-order valence-corrected chi connectivity index (χ3v) is 4.71. The van der Waals surface area contributed by atoms with Crippen LogP contribution in [0.4, 0.5) is 5.69 Å². The van der Waals surface area contributed by atoms with Crippen LogP contribution in [0.2, 0.25) is 0 Å². The first-order chi connectivity index (χ1) is 9.87. The molecule has 0 saturated carbocycles. The zero-order valence-electron chi connectivity index (χ0n) is 11.9. The van der Waals surface area contributed by atoms with Gasteiger partial charge in [0.25, 0.3) is 10.0 Å². The first-order valence-corrected chi connectivity index (χ1v) is 8.83. The molecule has 0 amide bonds. The largest absolute Gasteiger partial charge is 0.363 e. The summed E-state index contributed by atoms with van der Waals surface area (Å²) in [5.41, 5.74) is 1.36. The Kier molecular flexibility index (Phi) is 5.08. The van der Waals surface area contributed by atoms with Crippen molar-refractivity contribution in [3.8, 4) is 0 Å². The van der Waals surface area contributed by atoms with Crippen molar-refractivity contribution in [3.05, 3.63) is 46.7 Å². The van der Waals surface area contributed by atoms with Gasteiger partial charge < -0.3 is 10.3 Å². The molecule has 0 saturated heterocycles. The Balaban J connectivity index is 2.10. The highest BCUT2D eigenvalue weighted by Gasteiger charge is 2.16. The fourth-order valence-electron chi connectivity index (χ4n) is 1.72. The van der Waals surface area contributed by atoms with Gasteiger partial charge in [0.15, 0.2) is 0 Å². The molecule has 2 aromatic rings. The van der Waals surface area contributed by atoms with Crippen LogP contribution in [-0.2, 0) is 16.6 Å². The predicted octanol–water partition coefficient (Wildman–Crippen LogP) is 3.08. The molecular formula is C14H18BrN3O2S. The van der Waals surface area contributed by atoms with E-state index in [1.165, 1.54) is 6.20 Å². The molecule has 0 bridgehead atoms. The SMILES string of the molecule is CC(C)NCc1cc(S(=O)(=O)Nc2ccc(Br)cc2)c[nH]1. The second-order valence-corrected chi connectivity index (χ2v) is 7.61. The van der Waals surface area contributed by atoms with Gasteiger partial charge in [-0.15, -0.1) is 0 Å². The Morgan fingerprint density at radius 2 is 1.90 bits per heavy atom. The van der Waals surface area contributed by atoms with E-state index in [4.69, 9.17) is 0 Å². The normalized spacial score (nSPS) is 11.8. The minimum atomic E-state index is -3.57. The Morgan fingerprint density at radius 3 is 2.52 bits per heavy atom. The summed E-state index contributed by atoms with van der Waals surface area (Å²) in [7, 11) is -3.57. The number of nitrogens with one attached hydrogen (secondary N) is 3. The number of rotatable bonds is 6. The summed E-state index contributed by atoms with van der Waals surface area (Å²) in [6.45, 7) is 4.68. The third kappa shape index (κ3) is 4.59. The van der Waals surface area contributed by atoms with Gasteiger partial charge in [-0.2, -0.15) is 0 Å². The van der Waals surface area contributed by atoms with Crippen LogP contribution in [0, 0.1) is 0 Å². The molecule has 0 unspecified atom stereocenters. The molecule has 0 aliphatic heterocycles. The summed E-state index contributed by atoms with van der Waals surface area (Å²) in [6.07, 6.45) is 1.50. The van der Waals surface area contributed by atoms with E-state index in [1.807, 2.05) is 13.8 Å². The van der Waals surface area contributed by atoms with E-state index in [0.717, 1.165) is 10.2 Å². The van der Waals surface area contributed by atoms with Gasteiger partial charge in [-0.05, 0) is 30.3 Å². The zero-order valence-corrected chi connectivity index (χ0v) is 14.3. The monoisotopic (exact) mass is 371 g/mol. The summed E-state index contributed by atoms with van der Waals surface area (Å²) in [5, 5.41) is 3.23. The third-order valence-electron chi connectivity index (χ3n) is 2.82. The van der Waals surface area contributed by atoms with Gasteiger partial charge in [-0.1, -0.05) is 29.8 Å². The van der Waals surface area contributed by atoms with Gasteiger partial charge in [-0.25, -0.2) is 8.42 Å². The summed E-state index contributed by atoms with van der Waals surface area (Å²) in [5.74, 6) is 0. The topological polar surface area (TPSA) is 74.0 Å². The first-order valence-electron chi connectivity index (χ1n) is 6.56. The van der Waals surface area contributed by atoms with Crippen LogP contribution in [0.3, 0.4) is 0 Å². The highest BCUT2D eigenvalue weighted by molar-refractivity contribution is 9.10. The smallest absolute Gasteiger partial charge is 0.263 e. The van der Waals surface area contributed by atoms with Crippen molar-refractivity contribution >= 4 is 31.6 Å². The first kappa shape index (κ1) is 16.1. The maximum absolute atomic E-state index is 12.3. The summed E-state index contributed by atoms with van der Waals surface area (Å²) in [4.78, 5) is 3.20. The number of H-pyrrole nitrogens is 1. The lowest BCUT2D eigenvalue weighted by Gasteiger charge is -2.06. The number of aromatic amines is 1. The van der Waals surface area contributed by atoms with Gasteiger partial charge in [-0.3, -0.25) is 4.72 Å². The molecule has 7 heteroatoms. The molecule has 0 fully saturated rings. The number of aromatic nitrogens is 1. The minimum Gasteiger partial charge on any atom is -0.363 e. The molecule has 1 aromatic carbocycles. The highest BCUT2D eigenvalue weighted by atomic mass is 79.9. The van der Waals surface area contributed by atoms with Crippen LogP contribution in [0.5, 0.6) is 0 Å². The van der Waals surface area contributed by atoms with Crippen LogP contribution in [0.15, 0.2) is 45.9 Å². The second kappa shape index (κ2) is 6.64. The van der Waals surface area contributed by atoms with Crippen molar-refractivity contribution in [1.82, 2.24) is 10.3 Å². The highest BCUT2D eigenvalue weighted by Crippen LogP contribution is 2.19. The molecule has 1 heterocycles. The van der Waals surface area contributed by atoms with E-state index < -0.39 is 10.0 Å². The molecule has 0 aliphatic rings. The van der Waals surface area contributed by atoms with E-state index in [2.05, 4.69) is 31.0 Å². The van der Waals surface area contributed by atoms with Crippen molar-refractivity contribution in [1.29, 1.82) is 0 Å². The number of benzene rings is 1. The van der Waals surface area contributed by atoms with Gasteiger partial charge in [0.1, 0.15) is 4.90 Å². The number of sulfonamides is 1. The lowest BCUT2D eigenvalue weighted by atomic mass is 10.3. The van der Waals surface area contributed by atoms with Crippen LogP contribution in [-0.4, -0.2) is 19.4 Å². The van der Waals surface area contributed by atoms with Crippen molar-refractivity contribution in [2.75, 3.05) is 4.72 Å². The van der Waals surface area contributed by atoms with Gasteiger partial charge in [0, 0.05) is 34.6 Å². The average molecular weight is 372 g/mol. The fraction of sp³-hybridized carbons (Fsp3) is 0.286. The molecular weight excluding hydrogens is 354 g/mol. The maximum atomic E-state index is 12.3. The number of anilines is 1. The molecule has 0 aliphatic carbocycles. The molecule has 3 N–H and O–H groups in total. The van der Waals surface area contributed by atoms with Crippen molar-refractivity contribution in [2.45, 2.75) is 31.3 Å². The maximum Gasteiger partial charge on any atom is 0.263 e. The summed E-state index contributed by atoms with van der Waals surface area (Å²) in [6, 6.07) is 8.95. The van der Waals surface area contributed by atoms with Gasteiger partial charge in [0.2, 0.25) is 0 Å². The lowest BCUT2D eigenvalue weighted by molar-refractivity contribution is 0.582. The van der Waals surface area contributed by atoms with Crippen molar-refractivity contribution < 1.29 is 8.42 Å². The number of hydrogen-bond donors (Lipinski definition) is 3. The molecule has 1 aromatic heterocycles. The number of halogens is 1. The summed E-state index contributed by atoms with van der Waals surface area (Å²) < 4.78 is 28.0. The standard InChI is InChI=1S/C14H18BrN3O2S/c1-10(2)16-8-13-7-14(9-17-13)21(19,20)18-12-5-3-11(15)4-6-12/h3-7,9-10,16-18H,8H2,1-2H3. The van der Waals surface area contributed by atoms with E-state index in [1.54, 1.807) is 30.3 Å². The Morgan fingerprint density at radius 1 is 1.24 bits per heavy atom. The molecule has 2 rings (SSSR count). The number of hydrogen-bond acceptors (Lipinski definition) is 3. The molecule has 0 radical (unpaired) electrons. The Bertz CT molecular complexity index is 693. The molecule has 0 atom stereocenters. The van der Waals surface area contributed by atoms with Crippen LogP contribution in [0.25, 0.3) is 0 Å². The van der Waals surface area contributed by atoms with E-state index in [-0.39, 0.29) is 4.90 Å². The minimum absolute atomic E-state index is 0.228. The second-order valence-electron chi connectivity index (χ2n) is 5.01. The van der Waals surface area contributed by atoms with Crippen LogP contribution in [0.1, 0.15) is 19.5 Å². The van der Waals surface area contributed by atoms with E-state index in [0.29, 0.717) is 18.3 Å². The molecule has 5 nitrogen and oxygen atoms in total. The van der Waals surface area contributed by atoms with Crippen LogP contribution >= 0.6 is 15.9 Å². The van der Waals surface area contributed by atoms with E-state index >= 15 is 0 Å². The molecule has 114 valence electrons. The quantitative estimate of drug-likeness (QED) is 0.730. The van der Waals surface area contributed by atoms with Crippen LogP contribution < -0.4 is 10.0 Å². The van der Waals surface area contributed by atoms with E-state index in [9.17, 15) is 8.42 Å². The molecule has 0 spiro atoms. The van der Waals surface area contributed by atoms with Gasteiger partial charge in [0.05, 0.1) is 0 Å². The lowest BCUT2D eigenvalue weighted by Crippen LogP contribution is -2.21.